The molecule has 2 heterocycles. The van der Waals surface area contributed by atoms with Crippen LogP contribution in [0.4, 0.5) is 0 Å². The number of hydrogen-bond donors (Lipinski definition) is 12. The summed E-state index contributed by atoms with van der Waals surface area (Å²) in [6, 6.07) is -4.08. The molecule has 0 saturated carbocycles. The maximum atomic E-state index is 14.3. The largest absolute Gasteiger partial charge is 0.481 e. The summed E-state index contributed by atoms with van der Waals surface area (Å²) < 4.78 is 0. The number of aliphatic hydroxyl groups is 1. The number of rotatable bonds is 27. The van der Waals surface area contributed by atoms with Crippen LogP contribution < -0.4 is 43.4 Å². The fourth-order valence-corrected chi connectivity index (χ4v) is 8.47. The molecule has 9 amide bonds. The van der Waals surface area contributed by atoms with E-state index in [0.29, 0.717) is 24.8 Å². The third-order valence-electron chi connectivity index (χ3n) is 12.3. The predicted octanol–water partition coefficient (Wildman–Crippen LogP) is -2.72. The van der Waals surface area contributed by atoms with Crippen molar-refractivity contribution in [3.05, 3.63) is 35.9 Å². The molecule has 2 aliphatic rings. The Morgan fingerprint density at radius 2 is 1.18 bits per heavy atom. The van der Waals surface area contributed by atoms with Gasteiger partial charge in [-0.1, -0.05) is 64.4 Å². The number of likely N-dealkylation sites (tertiary alicyclic amines) is 2. The summed E-state index contributed by atoms with van der Waals surface area (Å²) in [4.78, 5) is 148. The number of aliphatic carboxylic acids is 2. The number of nitrogens with two attached hydrogens (primary N) is 2. The molecule has 24 nitrogen and oxygen atoms in total. The number of benzene rings is 1. The zero-order valence-electron chi connectivity index (χ0n) is 40.6. The van der Waals surface area contributed by atoms with Gasteiger partial charge in [-0.05, 0) is 56.4 Å². The van der Waals surface area contributed by atoms with Crippen molar-refractivity contribution in [3.8, 4) is 0 Å². The van der Waals surface area contributed by atoms with Crippen molar-refractivity contribution >= 4 is 77.7 Å². The first-order valence-corrected chi connectivity index (χ1v) is 24.3. The summed E-state index contributed by atoms with van der Waals surface area (Å²) in [5.41, 5.74) is 11.9. The molecule has 13 N–H and O–H groups in total. The molecule has 1 aromatic carbocycles. The molecule has 3 rings (SSSR count). The molecule has 2 fully saturated rings. The molecule has 0 bridgehead atoms. The third-order valence-corrected chi connectivity index (χ3v) is 12.7. The predicted molar refractivity (Wildman–Crippen MR) is 257 cm³/mol. The van der Waals surface area contributed by atoms with Crippen LogP contribution in [0.5, 0.6) is 0 Å². The van der Waals surface area contributed by atoms with Crippen molar-refractivity contribution in [1.82, 2.24) is 41.7 Å². The smallest absolute Gasteiger partial charge is 0.326 e. The van der Waals surface area contributed by atoms with Gasteiger partial charge in [0.2, 0.25) is 53.2 Å². The van der Waals surface area contributed by atoms with Gasteiger partial charge in [-0.25, -0.2) is 4.79 Å². The standard InChI is InChI=1S/C46H70N10O14S/c1-6-24(4)36(53-43(66)37(25(5)57)54-39(62)28(18-23(2)3)49-40(63)32-14-10-16-55(32)44(67)27(47)22-71)42(65)50-29(19-26-12-8-7-9-13-26)38(61)51-30(20-34(48)58)45(68)56-17-11-15-33(56)41(64)52-31(46(69)70)21-35(59)60/h7-9,12-13,23-25,27-33,36-37,57,71H,6,10-11,14-22,47H2,1-5H3,(H2,48,58)(H,49,63)(H,50,65)(H,51,61)(H,52,64)(H,53,66)(H,54,62)(H,59,60)(H,69,70)/t24-,25+,27-,28-,29-,30-,31-,32-,33-,36-,37-/m0/s1. The van der Waals surface area contributed by atoms with E-state index >= 15 is 0 Å². The Labute approximate surface area is 417 Å². The highest BCUT2D eigenvalue weighted by atomic mass is 32.1. The monoisotopic (exact) mass is 1020 g/mol. The Morgan fingerprint density at radius 1 is 0.676 bits per heavy atom. The SMILES string of the molecule is CC[C@H](C)[C@H](NC(=O)[C@@H](NC(=O)[C@H](CC(C)C)NC(=O)[C@@H]1CCCN1C(=O)[C@@H](N)CS)[C@@H](C)O)C(=O)N[C@@H](Cc1ccccc1)C(=O)N[C@@H](CC(N)=O)C(=O)N1CCC[C@H]1C(=O)N[C@@H](CC(=O)O)C(=O)O. The summed E-state index contributed by atoms with van der Waals surface area (Å²) in [6.45, 7) is 8.41. The molecule has 2 aliphatic heterocycles. The van der Waals surface area contributed by atoms with E-state index in [1.54, 1.807) is 58.0 Å². The number of primary amides is 1. The fourth-order valence-electron chi connectivity index (χ4n) is 8.31. The normalized spacial score (nSPS) is 19.3. The summed E-state index contributed by atoms with van der Waals surface area (Å²) in [5.74, 6) is -11.6. The summed E-state index contributed by atoms with van der Waals surface area (Å²) in [7, 11) is 0. The van der Waals surface area contributed by atoms with Gasteiger partial charge in [0.05, 0.1) is 25.0 Å². The molecule has 0 spiro atoms. The highest BCUT2D eigenvalue weighted by Gasteiger charge is 2.42. The van der Waals surface area contributed by atoms with Crippen LogP contribution in [0.15, 0.2) is 30.3 Å². The first-order chi connectivity index (χ1) is 33.4. The number of aliphatic hydroxyl groups excluding tert-OH is 1. The molecule has 25 heteroatoms. The van der Waals surface area contributed by atoms with Crippen LogP contribution >= 0.6 is 12.6 Å². The van der Waals surface area contributed by atoms with Gasteiger partial charge in [0.15, 0.2) is 0 Å². The van der Waals surface area contributed by atoms with Gasteiger partial charge in [-0.3, -0.25) is 47.9 Å². The Morgan fingerprint density at radius 3 is 1.68 bits per heavy atom. The highest BCUT2D eigenvalue weighted by molar-refractivity contribution is 7.80. The number of nitrogens with zero attached hydrogens (tertiary/aromatic N) is 2. The minimum absolute atomic E-state index is 0.0356. The average Bonchev–Trinajstić information content (AvgIpc) is 4.02. The second-order valence-electron chi connectivity index (χ2n) is 18.4. The molecule has 2 saturated heterocycles. The van der Waals surface area contributed by atoms with Gasteiger partial charge in [0, 0.05) is 25.3 Å². The van der Waals surface area contributed by atoms with Crippen LogP contribution in [-0.2, 0) is 59.2 Å². The summed E-state index contributed by atoms with van der Waals surface area (Å²) in [6.07, 6.45) is -1.91. The zero-order valence-corrected chi connectivity index (χ0v) is 41.5. The van der Waals surface area contributed by atoms with Crippen LogP contribution in [0, 0.1) is 11.8 Å². The van der Waals surface area contributed by atoms with E-state index < -0.39 is 144 Å². The van der Waals surface area contributed by atoms with Crippen LogP contribution in [0.1, 0.15) is 91.5 Å². The van der Waals surface area contributed by atoms with Gasteiger partial charge in [0.1, 0.15) is 48.3 Å². The average molecular weight is 1020 g/mol. The second kappa shape index (κ2) is 27.9. The van der Waals surface area contributed by atoms with Crippen LogP contribution in [0.2, 0.25) is 0 Å². The minimum atomic E-state index is -1.82. The van der Waals surface area contributed by atoms with E-state index in [0.717, 1.165) is 4.90 Å². The molecule has 0 radical (unpaired) electrons. The van der Waals surface area contributed by atoms with Crippen molar-refractivity contribution in [2.24, 2.45) is 23.3 Å². The van der Waals surface area contributed by atoms with E-state index in [1.165, 1.54) is 11.8 Å². The van der Waals surface area contributed by atoms with Gasteiger partial charge >= 0.3 is 11.9 Å². The lowest BCUT2D eigenvalue weighted by molar-refractivity contribution is -0.148. The van der Waals surface area contributed by atoms with Crippen molar-refractivity contribution < 1.29 is 68.1 Å². The van der Waals surface area contributed by atoms with Gasteiger partial charge < -0.3 is 68.5 Å². The molecule has 11 atom stereocenters. The molecule has 394 valence electrons. The Hall–Kier alpha value is -6.34. The quantitative estimate of drug-likeness (QED) is 0.0399. The van der Waals surface area contributed by atoms with Crippen LogP contribution in [0.25, 0.3) is 0 Å². The maximum absolute atomic E-state index is 14.3. The van der Waals surface area contributed by atoms with Crippen molar-refractivity contribution in [2.75, 3.05) is 18.8 Å². The number of carbonyl (C=O) groups excluding carboxylic acids is 9. The number of thiol groups is 1. The van der Waals surface area contributed by atoms with Gasteiger partial charge in [-0.2, -0.15) is 12.6 Å². The van der Waals surface area contributed by atoms with Gasteiger partial charge in [0.25, 0.3) is 0 Å². The molecular formula is C46H70N10O14S. The van der Waals surface area contributed by atoms with Crippen LogP contribution in [-0.4, -0.2) is 170 Å². The highest BCUT2D eigenvalue weighted by Crippen LogP contribution is 2.22. The number of carbonyl (C=O) groups is 11. The van der Waals surface area contributed by atoms with Crippen molar-refractivity contribution in [3.63, 3.8) is 0 Å². The number of amides is 9. The number of carboxylic acids is 2. The third kappa shape index (κ3) is 17.5. The summed E-state index contributed by atoms with van der Waals surface area (Å²) >= 11 is 4.09. The lowest BCUT2D eigenvalue weighted by atomic mass is 9.96. The van der Waals surface area contributed by atoms with E-state index in [1.807, 2.05) is 0 Å². The number of carboxylic acid groups (broad SMARTS) is 2. The molecule has 0 aliphatic carbocycles. The lowest BCUT2D eigenvalue weighted by Crippen LogP contribution is -2.63. The first kappa shape index (κ1) is 59.0. The van der Waals surface area contributed by atoms with Crippen molar-refractivity contribution in [1.29, 1.82) is 0 Å². The zero-order chi connectivity index (χ0) is 53.3. The van der Waals surface area contributed by atoms with E-state index in [-0.39, 0.29) is 50.4 Å². The van der Waals surface area contributed by atoms with Crippen molar-refractivity contribution in [2.45, 2.75) is 153 Å². The molecule has 0 unspecified atom stereocenters. The Balaban J connectivity index is 1.87. The molecular weight excluding hydrogens is 949 g/mol. The van der Waals surface area contributed by atoms with E-state index in [4.69, 9.17) is 16.6 Å². The molecule has 71 heavy (non-hydrogen) atoms. The summed E-state index contributed by atoms with van der Waals surface area (Å²) in [5, 5.41) is 44.5. The number of hydrogen-bond acceptors (Lipinski definition) is 14. The maximum Gasteiger partial charge on any atom is 0.326 e. The fraction of sp³-hybridized carbons (Fsp3) is 0.630. The first-order valence-electron chi connectivity index (χ1n) is 23.6. The van der Waals surface area contributed by atoms with E-state index in [9.17, 15) is 63.0 Å². The minimum Gasteiger partial charge on any atom is -0.481 e. The Bertz CT molecular complexity index is 2100. The Kier molecular flexibility index (Phi) is 23.2. The van der Waals surface area contributed by atoms with Gasteiger partial charge in [-0.15, -0.1) is 0 Å². The van der Waals surface area contributed by atoms with Crippen LogP contribution in [0.3, 0.4) is 0 Å². The lowest BCUT2D eigenvalue weighted by Gasteiger charge is -2.31. The molecule has 0 aromatic heterocycles. The molecule has 1 aromatic rings. The topological polar surface area (TPSA) is 379 Å². The number of nitrogens with one attached hydrogen (secondary N) is 6. The second-order valence-corrected chi connectivity index (χ2v) is 18.8. The van der Waals surface area contributed by atoms with E-state index in [2.05, 4.69) is 44.5 Å².